The molecular formula is C27H30N4O. The quantitative estimate of drug-likeness (QED) is 0.623. The average molecular weight is 427 g/mol. The molecule has 2 heterocycles. The Bertz CT molecular complexity index is 1110. The van der Waals surface area contributed by atoms with Gasteiger partial charge in [0.1, 0.15) is 0 Å². The lowest BCUT2D eigenvalue weighted by molar-refractivity contribution is 0.0633. The Labute approximate surface area is 190 Å². The van der Waals surface area contributed by atoms with Gasteiger partial charge in [-0.05, 0) is 63.0 Å². The number of rotatable bonds is 4. The highest BCUT2D eigenvalue weighted by Crippen LogP contribution is 2.44. The van der Waals surface area contributed by atoms with Gasteiger partial charge in [0.2, 0.25) is 0 Å². The molecule has 0 bridgehead atoms. The molecule has 0 radical (unpaired) electrons. The number of carbonyl (C=O) groups is 1. The van der Waals surface area contributed by atoms with Crippen LogP contribution in [0.15, 0.2) is 60.8 Å². The second-order valence-corrected chi connectivity index (χ2v) is 9.48. The van der Waals surface area contributed by atoms with Crippen LogP contribution in [-0.4, -0.2) is 52.9 Å². The molecule has 5 rings (SSSR count). The predicted molar refractivity (Wildman–Crippen MR) is 126 cm³/mol. The minimum atomic E-state index is -0.0550. The zero-order valence-corrected chi connectivity index (χ0v) is 18.9. The molecule has 5 heteroatoms. The third kappa shape index (κ3) is 3.93. The van der Waals surface area contributed by atoms with Gasteiger partial charge < -0.3 is 9.80 Å². The molecule has 2 aromatic carbocycles. The van der Waals surface area contributed by atoms with Crippen molar-refractivity contribution in [2.24, 2.45) is 0 Å². The Morgan fingerprint density at radius 3 is 2.59 bits per heavy atom. The van der Waals surface area contributed by atoms with E-state index >= 15 is 0 Å². The maximum Gasteiger partial charge on any atom is 0.253 e. The Hall–Kier alpha value is -3.05. The van der Waals surface area contributed by atoms with Gasteiger partial charge in [0.15, 0.2) is 5.82 Å². The molecule has 1 aliphatic carbocycles. The first-order valence-electron chi connectivity index (χ1n) is 11.5. The van der Waals surface area contributed by atoms with Gasteiger partial charge >= 0.3 is 0 Å². The standard InChI is InChI=1S/C27H30N4O/c1-30(2)18-20-9-11-22(12-10-20)26(32)31-16-6-14-27(19-31)15-13-23-17-28-25(29-24(23)27)21-7-4-3-5-8-21/h3-5,7-12,17H,6,13-16,18-19H2,1-2H3. The summed E-state index contributed by atoms with van der Waals surface area (Å²) < 4.78 is 0. The molecule has 5 nitrogen and oxygen atoms in total. The zero-order chi connectivity index (χ0) is 22.1. The first kappa shape index (κ1) is 20.8. The van der Waals surface area contributed by atoms with E-state index in [1.807, 2.05) is 41.4 Å². The summed E-state index contributed by atoms with van der Waals surface area (Å²) >= 11 is 0. The van der Waals surface area contributed by atoms with Gasteiger partial charge in [0.25, 0.3) is 5.91 Å². The Morgan fingerprint density at radius 2 is 1.84 bits per heavy atom. The SMILES string of the molecule is CN(C)Cc1ccc(C(=O)N2CCCC3(CCc4cnc(-c5ccccc5)nc43)C2)cc1. The van der Waals surface area contributed by atoms with Crippen molar-refractivity contribution >= 4 is 5.91 Å². The van der Waals surface area contributed by atoms with E-state index in [4.69, 9.17) is 4.98 Å². The van der Waals surface area contributed by atoms with Crippen LogP contribution >= 0.6 is 0 Å². The topological polar surface area (TPSA) is 49.3 Å². The smallest absolute Gasteiger partial charge is 0.253 e. The summed E-state index contributed by atoms with van der Waals surface area (Å²) in [6.07, 6.45) is 6.13. The summed E-state index contributed by atoms with van der Waals surface area (Å²) in [5, 5.41) is 0. The van der Waals surface area contributed by atoms with E-state index in [2.05, 4.69) is 48.2 Å². The normalized spacial score (nSPS) is 20.0. The number of hydrogen-bond donors (Lipinski definition) is 0. The van der Waals surface area contributed by atoms with Gasteiger partial charge in [-0.3, -0.25) is 4.79 Å². The number of nitrogens with zero attached hydrogens (tertiary/aromatic N) is 4. The van der Waals surface area contributed by atoms with Crippen molar-refractivity contribution in [1.29, 1.82) is 0 Å². The summed E-state index contributed by atoms with van der Waals surface area (Å²) in [5.41, 5.74) is 5.38. The minimum absolute atomic E-state index is 0.0550. The second kappa shape index (κ2) is 8.47. The molecule has 0 N–H and O–H groups in total. The summed E-state index contributed by atoms with van der Waals surface area (Å²) in [5.74, 6) is 0.914. The summed E-state index contributed by atoms with van der Waals surface area (Å²) in [6.45, 7) is 2.43. The van der Waals surface area contributed by atoms with E-state index in [1.165, 1.54) is 11.1 Å². The van der Waals surface area contributed by atoms with Crippen LogP contribution in [0.5, 0.6) is 0 Å². The van der Waals surface area contributed by atoms with Crippen molar-refractivity contribution in [3.8, 4) is 11.4 Å². The molecule has 2 aliphatic rings. The van der Waals surface area contributed by atoms with Crippen LogP contribution in [-0.2, 0) is 18.4 Å². The number of piperidine rings is 1. The summed E-state index contributed by atoms with van der Waals surface area (Å²) in [4.78, 5) is 27.2. The number of likely N-dealkylation sites (tertiary alicyclic amines) is 1. The van der Waals surface area contributed by atoms with Gasteiger partial charge in [0, 0.05) is 42.4 Å². The van der Waals surface area contributed by atoms with E-state index in [1.54, 1.807) is 0 Å². The first-order valence-corrected chi connectivity index (χ1v) is 11.5. The molecule has 0 saturated carbocycles. The maximum absolute atomic E-state index is 13.4. The number of aromatic nitrogens is 2. The highest BCUT2D eigenvalue weighted by molar-refractivity contribution is 5.94. The lowest BCUT2D eigenvalue weighted by Gasteiger charge is -2.40. The molecule has 1 unspecified atom stereocenters. The van der Waals surface area contributed by atoms with Crippen LogP contribution in [0.4, 0.5) is 0 Å². The molecule has 164 valence electrons. The fourth-order valence-electron chi connectivity index (χ4n) is 5.27. The molecule has 1 spiro atoms. The van der Waals surface area contributed by atoms with Crippen LogP contribution in [0.3, 0.4) is 0 Å². The first-order chi connectivity index (χ1) is 15.5. The molecule has 1 atom stereocenters. The number of fused-ring (bicyclic) bond motifs is 2. The largest absolute Gasteiger partial charge is 0.338 e. The Kier molecular flexibility index (Phi) is 5.51. The monoisotopic (exact) mass is 426 g/mol. The lowest BCUT2D eigenvalue weighted by atomic mass is 9.77. The molecular weight excluding hydrogens is 396 g/mol. The van der Waals surface area contributed by atoms with E-state index in [0.29, 0.717) is 0 Å². The Morgan fingerprint density at radius 1 is 1.06 bits per heavy atom. The second-order valence-electron chi connectivity index (χ2n) is 9.48. The highest BCUT2D eigenvalue weighted by atomic mass is 16.2. The number of hydrogen-bond acceptors (Lipinski definition) is 4. The minimum Gasteiger partial charge on any atom is -0.338 e. The third-order valence-electron chi connectivity index (χ3n) is 6.84. The van der Waals surface area contributed by atoms with Crippen molar-refractivity contribution in [2.45, 2.75) is 37.6 Å². The van der Waals surface area contributed by atoms with E-state index < -0.39 is 0 Å². The van der Waals surface area contributed by atoms with Gasteiger partial charge in [-0.1, -0.05) is 42.5 Å². The third-order valence-corrected chi connectivity index (χ3v) is 6.84. The van der Waals surface area contributed by atoms with E-state index in [9.17, 15) is 4.79 Å². The average Bonchev–Trinajstić information content (AvgIpc) is 3.16. The Balaban J connectivity index is 1.39. The molecule has 1 amide bonds. The fraction of sp³-hybridized carbons (Fsp3) is 0.370. The van der Waals surface area contributed by atoms with Crippen LogP contribution < -0.4 is 0 Å². The number of amides is 1. The van der Waals surface area contributed by atoms with Gasteiger partial charge in [-0.25, -0.2) is 9.97 Å². The molecule has 1 fully saturated rings. The van der Waals surface area contributed by atoms with Crippen molar-refractivity contribution in [1.82, 2.24) is 19.8 Å². The van der Waals surface area contributed by atoms with Crippen LogP contribution in [0.2, 0.25) is 0 Å². The van der Waals surface area contributed by atoms with Gasteiger partial charge in [-0.2, -0.15) is 0 Å². The fourth-order valence-corrected chi connectivity index (χ4v) is 5.27. The van der Waals surface area contributed by atoms with Crippen molar-refractivity contribution in [2.75, 3.05) is 27.2 Å². The van der Waals surface area contributed by atoms with E-state index in [0.717, 1.165) is 68.0 Å². The van der Waals surface area contributed by atoms with Crippen LogP contribution in [0, 0.1) is 0 Å². The molecule has 1 aliphatic heterocycles. The molecule has 32 heavy (non-hydrogen) atoms. The predicted octanol–water partition coefficient (Wildman–Crippen LogP) is 4.33. The molecule has 3 aromatic rings. The number of benzene rings is 2. The van der Waals surface area contributed by atoms with Gasteiger partial charge in [-0.15, -0.1) is 0 Å². The summed E-state index contributed by atoms with van der Waals surface area (Å²) in [6, 6.07) is 18.2. The van der Waals surface area contributed by atoms with Crippen molar-refractivity contribution in [3.05, 3.63) is 83.2 Å². The van der Waals surface area contributed by atoms with Crippen molar-refractivity contribution in [3.63, 3.8) is 0 Å². The van der Waals surface area contributed by atoms with Gasteiger partial charge in [0.05, 0.1) is 5.69 Å². The molecule has 1 saturated heterocycles. The van der Waals surface area contributed by atoms with Crippen LogP contribution in [0.1, 0.15) is 46.4 Å². The number of carbonyl (C=O) groups excluding carboxylic acids is 1. The maximum atomic E-state index is 13.4. The number of aryl methyl sites for hydroxylation is 1. The van der Waals surface area contributed by atoms with Crippen molar-refractivity contribution < 1.29 is 4.79 Å². The van der Waals surface area contributed by atoms with Crippen LogP contribution in [0.25, 0.3) is 11.4 Å². The van der Waals surface area contributed by atoms with E-state index in [-0.39, 0.29) is 11.3 Å². The molecule has 1 aromatic heterocycles. The lowest BCUT2D eigenvalue weighted by Crippen LogP contribution is -2.48. The summed E-state index contributed by atoms with van der Waals surface area (Å²) in [7, 11) is 4.11. The highest BCUT2D eigenvalue weighted by Gasteiger charge is 2.44. The zero-order valence-electron chi connectivity index (χ0n) is 18.9.